The van der Waals surface area contributed by atoms with Gasteiger partial charge in [-0.05, 0) is 24.5 Å². The number of halogens is 1. The maximum absolute atomic E-state index is 13.3. The molecule has 0 aliphatic heterocycles. The normalized spacial score (nSPS) is 12.0. The van der Waals surface area contributed by atoms with Gasteiger partial charge in [-0.15, -0.1) is 0 Å². The second-order valence-corrected chi connectivity index (χ2v) is 5.25. The predicted octanol–water partition coefficient (Wildman–Crippen LogP) is 3.93. The Morgan fingerprint density at radius 3 is 2.76 bits per heavy atom. The third-order valence-electron chi connectivity index (χ3n) is 3.55. The summed E-state index contributed by atoms with van der Waals surface area (Å²) >= 11 is 0. The number of unbranched alkanes of at least 4 members (excludes halogenated alkanes) is 1. The molecule has 0 saturated carbocycles. The highest BCUT2D eigenvalue weighted by molar-refractivity contribution is 5.75. The minimum Gasteiger partial charge on any atom is -0.490 e. The smallest absolute Gasteiger partial charge is 0.223 e. The molecule has 21 heavy (non-hydrogen) atoms. The molecule has 1 rings (SSSR count). The molecule has 0 saturated heterocycles. The van der Waals surface area contributed by atoms with Gasteiger partial charge in [-0.25, -0.2) is 4.39 Å². The first kappa shape index (κ1) is 17.5. The van der Waals surface area contributed by atoms with Crippen molar-refractivity contribution in [2.24, 2.45) is 5.92 Å². The predicted molar refractivity (Wildman–Crippen MR) is 82.8 cm³/mol. The molecule has 0 heterocycles. The summed E-state index contributed by atoms with van der Waals surface area (Å²) < 4.78 is 18.6. The van der Waals surface area contributed by atoms with Gasteiger partial charge in [0.2, 0.25) is 5.91 Å². The van der Waals surface area contributed by atoms with E-state index in [1.165, 1.54) is 18.9 Å². The van der Waals surface area contributed by atoms with Gasteiger partial charge in [0.15, 0.2) is 11.6 Å². The number of amides is 1. The van der Waals surface area contributed by atoms with Gasteiger partial charge in [-0.1, -0.05) is 45.2 Å². The van der Waals surface area contributed by atoms with Crippen molar-refractivity contribution in [3.05, 3.63) is 30.1 Å². The van der Waals surface area contributed by atoms with Crippen LogP contribution in [0.2, 0.25) is 0 Å². The van der Waals surface area contributed by atoms with Crippen LogP contribution in [0.5, 0.6) is 5.75 Å². The Morgan fingerprint density at radius 2 is 2.10 bits per heavy atom. The first-order valence-corrected chi connectivity index (χ1v) is 7.81. The average Bonchev–Trinajstić information content (AvgIpc) is 2.49. The van der Waals surface area contributed by atoms with Crippen molar-refractivity contribution in [3.63, 3.8) is 0 Å². The summed E-state index contributed by atoms with van der Waals surface area (Å²) in [6.07, 6.45) is 4.86. The number of hydrogen-bond donors (Lipinski definition) is 1. The van der Waals surface area contributed by atoms with Crippen molar-refractivity contribution in [1.82, 2.24) is 5.32 Å². The van der Waals surface area contributed by atoms with Crippen LogP contribution in [-0.4, -0.2) is 19.1 Å². The summed E-state index contributed by atoms with van der Waals surface area (Å²) in [5.41, 5.74) is 0. The van der Waals surface area contributed by atoms with Crippen LogP contribution in [0.3, 0.4) is 0 Å². The highest BCUT2D eigenvalue weighted by Crippen LogP contribution is 2.15. The van der Waals surface area contributed by atoms with E-state index in [1.54, 1.807) is 18.2 Å². The van der Waals surface area contributed by atoms with E-state index in [0.717, 1.165) is 19.4 Å². The Kier molecular flexibility index (Phi) is 8.48. The molecule has 0 fully saturated rings. The van der Waals surface area contributed by atoms with Crippen LogP contribution in [0, 0.1) is 11.7 Å². The molecule has 1 aromatic rings. The molecule has 1 N–H and O–H groups in total. The van der Waals surface area contributed by atoms with E-state index in [4.69, 9.17) is 4.74 Å². The lowest BCUT2D eigenvalue weighted by atomic mass is 9.99. The molecule has 118 valence electrons. The molecule has 1 unspecified atom stereocenters. The third kappa shape index (κ3) is 7.11. The second kappa shape index (κ2) is 10.2. The molecular formula is C17H26FNO2. The van der Waals surface area contributed by atoms with Crippen LogP contribution >= 0.6 is 0 Å². The lowest BCUT2D eigenvalue weighted by Crippen LogP contribution is -2.30. The van der Waals surface area contributed by atoms with Crippen molar-refractivity contribution < 1.29 is 13.9 Å². The average molecular weight is 295 g/mol. The fourth-order valence-electron chi connectivity index (χ4n) is 2.11. The number of carbonyl (C=O) groups is 1. The minimum absolute atomic E-state index is 0.0405. The van der Waals surface area contributed by atoms with Gasteiger partial charge in [0.05, 0.1) is 13.0 Å². The Morgan fingerprint density at radius 1 is 1.33 bits per heavy atom. The van der Waals surface area contributed by atoms with E-state index in [0.29, 0.717) is 5.92 Å². The molecular weight excluding hydrogens is 269 g/mol. The number of ether oxygens (including phenoxy) is 1. The van der Waals surface area contributed by atoms with Gasteiger partial charge in [-0.3, -0.25) is 4.79 Å². The highest BCUT2D eigenvalue weighted by atomic mass is 19.1. The number of para-hydroxylation sites is 1. The van der Waals surface area contributed by atoms with Crippen LogP contribution in [0.25, 0.3) is 0 Å². The quantitative estimate of drug-likeness (QED) is 0.710. The second-order valence-electron chi connectivity index (χ2n) is 5.25. The van der Waals surface area contributed by atoms with Crippen molar-refractivity contribution in [2.75, 3.05) is 13.2 Å². The molecule has 0 bridgehead atoms. The van der Waals surface area contributed by atoms with Gasteiger partial charge >= 0.3 is 0 Å². The van der Waals surface area contributed by atoms with E-state index >= 15 is 0 Å². The van der Waals surface area contributed by atoms with Crippen LogP contribution in [0.4, 0.5) is 4.39 Å². The van der Waals surface area contributed by atoms with E-state index in [1.807, 2.05) is 0 Å². The molecule has 1 aromatic carbocycles. The van der Waals surface area contributed by atoms with Crippen LogP contribution in [0.15, 0.2) is 24.3 Å². The first-order chi connectivity index (χ1) is 10.2. The summed E-state index contributed by atoms with van der Waals surface area (Å²) in [6, 6.07) is 6.22. The van der Waals surface area contributed by atoms with Gasteiger partial charge < -0.3 is 10.1 Å². The number of rotatable bonds is 10. The molecule has 1 amide bonds. The van der Waals surface area contributed by atoms with Crippen molar-refractivity contribution >= 4 is 5.91 Å². The lowest BCUT2D eigenvalue weighted by molar-refractivity contribution is -0.121. The Balaban J connectivity index is 2.20. The number of carbonyl (C=O) groups excluding carboxylic acids is 1. The van der Waals surface area contributed by atoms with Crippen molar-refractivity contribution in [3.8, 4) is 5.75 Å². The molecule has 0 aliphatic rings. The maximum Gasteiger partial charge on any atom is 0.223 e. The van der Waals surface area contributed by atoms with Gasteiger partial charge in [-0.2, -0.15) is 0 Å². The molecule has 0 radical (unpaired) electrons. The highest BCUT2D eigenvalue weighted by Gasteiger charge is 2.09. The Labute approximate surface area is 126 Å². The molecule has 1 atom stereocenters. The van der Waals surface area contributed by atoms with Crippen molar-refractivity contribution in [1.29, 1.82) is 0 Å². The van der Waals surface area contributed by atoms with Crippen LogP contribution < -0.4 is 10.1 Å². The summed E-state index contributed by atoms with van der Waals surface area (Å²) in [7, 11) is 0. The maximum atomic E-state index is 13.3. The Hall–Kier alpha value is -1.58. The molecule has 0 spiro atoms. The van der Waals surface area contributed by atoms with Gasteiger partial charge in [0, 0.05) is 6.54 Å². The summed E-state index contributed by atoms with van der Waals surface area (Å²) in [5, 5.41) is 2.93. The fraction of sp³-hybridized carbons (Fsp3) is 0.588. The van der Waals surface area contributed by atoms with E-state index in [-0.39, 0.29) is 24.7 Å². The standard InChI is InChI=1S/C17H26FNO2/c1-3-5-8-14(4-2)13-19-17(20)11-12-21-16-10-7-6-9-15(16)18/h6-7,9-10,14H,3-5,8,11-13H2,1-2H3,(H,19,20). The number of benzene rings is 1. The zero-order valence-electron chi connectivity index (χ0n) is 13.0. The topological polar surface area (TPSA) is 38.3 Å². The molecule has 0 aromatic heterocycles. The SMILES string of the molecule is CCCCC(CC)CNC(=O)CCOc1ccccc1F. The molecule has 3 nitrogen and oxygen atoms in total. The largest absolute Gasteiger partial charge is 0.490 e. The van der Waals surface area contributed by atoms with E-state index in [9.17, 15) is 9.18 Å². The first-order valence-electron chi connectivity index (χ1n) is 7.81. The summed E-state index contributed by atoms with van der Waals surface area (Å²) in [4.78, 5) is 11.7. The number of nitrogens with one attached hydrogen (secondary N) is 1. The van der Waals surface area contributed by atoms with E-state index < -0.39 is 5.82 Å². The molecule has 0 aliphatic carbocycles. The Bertz CT molecular complexity index is 423. The van der Waals surface area contributed by atoms with Crippen LogP contribution in [-0.2, 0) is 4.79 Å². The number of hydrogen-bond acceptors (Lipinski definition) is 2. The van der Waals surface area contributed by atoms with E-state index in [2.05, 4.69) is 19.2 Å². The minimum atomic E-state index is -0.400. The van der Waals surface area contributed by atoms with Gasteiger partial charge in [0.1, 0.15) is 0 Å². The third-order valence-corrected chi connectivity index (χ3v) is 3.55. The zero-order chi connectivity index (χ0) is 15.5. The molecule has 4 heteroatoms. The fourth-order valence-corrected chi connectivity index (χ4v) is 2.11. The monoisotopic (exact) mass is 295 g/mol. The lowest BCUT2D eigenvalue weighted by Gasteiger charge is -2.15. The summed E-state index contributed by atoms with van der Waals surface area (Å²) in [5.74, 6) is 0.297. The van der Waals surface area contributed by atoms with Crippen LogP contribution in [0.1, 0.15) is 46.0 Å². The summed E-state index contributed by atoms with van der Waals surface area (Å²) in [6.45, 7) is 5.23. The zero-order valence-corrected chi connectivity index (χ0v) is 13.0. The van der Waals surface area contributed by atoms with Gasteiger partial charge in [0.25, 0.3) is 0 Å². The van der Waals surface area contributed by atoms with Crippen molar-refractivity contribution in [2.45, 2.75) is 46.0 Å².